The minimum Gasteiger partial charge on any atom is -0.394 e. The number of aliphatic hydroxyl groups is 1. The molecule has 1 heterocycles. The number of carbonyl (C=O) groups excluding carboxylic acids is 1. The number of carbonyl (C=O) groups is 1. The van der Waals surface area contributed by atoms with Crippen molar-refractivity contribution >= 4 is 5.91 Å². The number of methoxy groups -OCH3 is 1. The van der Waals surface area contributed by atoms with Gasteiger partial charge in [0.1, 0.15) is 0 Å². The molecule has 1 amide bonds. The Morgan fingerprint density at radius 2 is 2.58 bits per heavy atom. The van der Waals surface area contributed by atoms with E-state index in [1.165, 1.54) is 7.11 Å². The molecule has 0 spiro atoms. The maximum absolute atomic E-state index is 13.5. The van der Waals surface area contributed by atoms with E-state index in [0.717, 1.165) is 0 Å². The van der Waals surface area contributed by atoms with E-state index >= 15 is 0 Å². The fourth-order valence-corrected chi connectivity index (χ4v) is 1.31. The van der Waals surface area contributed by atoms with Crippen molar-refractivity contribution in [3.05, 3.63) is 0 Å². The lowest BCUT2D eigenvalue weighted by Gasteiger charge is -2.13. The summed E-state index contributed by atoms with van der Waals surface area (Å²) in [5, 5.41) is 11.0. The van der Waals surface area contributed by atoms with E-state index in [1.807, 2.05) is 0 Å². The standard InChI is InChI=1S/C7H12FNO3/c1-12-4-7(8)2-5(3-10)9-6(7)11/h5,10H,2-4H2,1H3,(H,9,11). The summed E-state index contributed by atoms with van der Waals surface area (Å²) in [7, 11) is 1.33. The molecule has 0 aromatic heterocycles. The van der Waals surface area contributed by atoms with Gasteiger partial charge in [-0.05, 0) is 0 Å². The first kappa shape index (κ1) is 9.41. The van der Waals surface area contributed by atoms with Crippen LogP contribution in [0.2, 0.25) is 0 Å². The highest BCUT2D eigenvalue weighted by molar-refractivity contribution is 5.87. The second-order valence-electron chi connectivity index (χ2n) is 2.96. The second-order valence-corrected chi connectivity index (χ2v) is 2.96. The van der Waals surface area contributed by atoms with Gasteiger partial charge in [0.15, 0.2) is 0 Å². The van der Waals surface area contributed by atoms with Gasteiger partial charge in [0, 0.05) is 13.5 Å². The molecule has 0 saturated carbocycles. The Morgan fingerprint density at radius 3 is 3.00 bits per heavy atom. The summed E-state index contributed by atoms with van der Waals surface area (Å²) in [6, 6.07) is -0.474. The van der Waals surface area contributed by atoms with E-state index in [1.54, 1.807) is 0 Å². The molecule has 12 heavy (non-hydrogen) atoms. The van der Waals surface area contributed by atoms with Gasteiger partial charge in [-0.1, -0.05) is 0 Å². The highest BCUT2D eigenvalue weighted by Gasteiger charge is 2.47. The summed E-state index contributed by atoms with van der Waals surface area (Å²) in [5.41, 5.74) is -1.96. The number of alkyl halides is 1. The number of rotatable bonds is 3. The molecule has 4 nitrogen and oxygen atoms in total. The molecule has 2 unspecified atom stereocenters. The lowest BCUT2D eigenvalue weighted by Crippen LogP contribution is -2.38. The lowest BCUT2D eigenvalue weighted by atomic mass is 10.0. The van der Waals surface area contributed by atoms with Crippen LogP contribution < -0.4 is 5.32 Å². The lowest BCUT2D eigenvalue weighted by molar-refractivity contribution is -0.132. The van der Waals surface area contributed by atoms with Crippen molar-refractivity contribution in [3.63, 3.8) is 0 Å². The van der Waals surface area contributed by atoms with Crippen molar-refractivity contribution in [2.75, 3.05) is 20.3 Å². The third-order valence-electron chi connectivity index (χ3n) is 1.91. The largest absolute Gasteiger partial charge is 0.394 e. The van der Waals surface area contributed by atoms with Gasteiger partial charge < -0.3 is 15.2 Å². The number of ether oxygens (including phenoxy) is 1. The van der Waals surface area contributed by atoms with Crippen LogP contribution in [0.25, 0.3) is 0 Å². The van der Waals surface area contributed by atoms with Gasteiger partial charge in [-0.3, -0.25) is 4.79 Å². The van der Waals surface area contributed by atoms with Gasteiger partial charge in [0.2, 0.25) is 5.67 Å². The zero-order valence-electron chi connectivity index (χ0n) is 6.84. The molecular formula is C7H12FNO3. The number of hydrogen-bond donors (Lipinski definition) is 2. The Balaban J connectivity index is 2.61. The molecule has 0 radical (unpaired) electrons. The van der Waals surface area contributed by atoms with E-state index in [-0.39, 0.29) is 19.6 Å². The summed E-state index contributed by atoms with van der Waals surface area (Å²) >= 11 is 0. The molecule has 2 atom stereocenters. The van der Waals surface area contributed by atoms with E-state index in [9.17, 15) is 9.18 Å². The first-order valence-electron chi connectivity index (χ1n) is 3.72. The van der Waals surface area contributed by atoms with Crippen molar-refractivity contribution in [2.45, 2.75) is 18.1 Å². The summed E-state index contributed by atoms with van der Waals surface area (Å²) in [6.45, 7) is -0.490. The Morgan fingerprint density at radius 1 is 1.92 bits per heavy atom. The molecule has 1 rings (SSSR count). The van der Waals surface area contributed by atoms with Crippen LogP contribution in [-0.2, 0) is 9.53 Å². The number of amides is 1. The van der Waals surface area contributed by atoms with E-state index in [2.05, 4.69) is 10.1 Å². The fourth-order valence-electron chi connectivity index (χ4n) is 1.31. The highest BCUT2D eigenvalue weighted by Crippen LogP contribution is 2.25. The van der Waals surface area contributed by atoms with Crippen LogP contribution in [0.3, 0.4) is 0 Å². The molecule has 1 fully saturated rings. The maximum Gasteiger partial charge on any atom is 0.260 e. The summed E-state index contributed by atoms with van der Waals surface area (Å²) in [4.78, 5) is 11.0. The van der Waals surface area contributed by atoms with E-state index in [0.29, 0.717) is 0 Å². The Labute approximate surface area is 69.7 Å². The molecule has 1 aliphatic heterocycles. The molecule has 0 aliphatic carbocycles. The summed E-state index contributed by atoms with van der Waals surface area (Å²) < 4.78 is 18.1. The number of nitrogens with one attached hydrogen (secondary N) is 1. The quantitative estimate of drug-likeness (QED) is 0.594. The second kappa shape index (κ2) is 3.37. The molecule has 2 N–H and O–H groups in total. The van der Waals surface area contributed by atoms with Crippen LogP contribution in [-0.4, -0.2) is 43.0 Å². The van der Waals surface area contributed by atoms with Crippen LogP contribution in [0.15, 0.2) is 0 Å². The van der Waals surface area contributed by atoms with Crippen molar-refractivity contribution in [1.82, 2.24) is 5.32 Å². The predicted octanol–water partition coefficient (Wildman–Crippen LogP) is -0.778. The van der Waals surface area contributed by atoms with Crippen LogP contribution in [0.5, 0.6) is 0 Å². The summed E-state index contributed by atoms with van der Waals surface area (Å²) in [6.07, 6.45) is -0.0177. The predicted molar refractivity (Wildman–Crippen MR) is 39.3 cm³/mol. The fraction of sp³-hybridized carbons (Fsp3) is 0.857. The first-order chi connectivity index (χ1) is 5.62. The zero-order valence-corrected chi connectivity index (χ0v) is 6.84. The van der Waals surface area contributed by atoms with Gasteiger partial charge in [-0.25, -0.2) is 4.39 Å². The smallest absolute Gasteiger partial charge is 0.260 e. The maximum atomic E-state index is 13.5. The molecule has 1 saturated heterocycles. The Kier molecular flexibility index (Phi) is 2.64. The van der Waals surface area contributed by atoms with Crippen LogP contribution in [0, 0.1) is 0 Å². The van der Waals surface area contributed by atoms with Gasteiger partial charge >= 0.3 is 0 Å². The van der Waals surface area contributed by atoms with Gasteiger partial charge in [0.05, 0.1) is 19.3 Å². The normalized spacial score (nSPS) is 35.2. The molecular weight excluding hydrogens is 165 g/mol. The SMILES string of the molecule is COCC1(F)CC(CO)NC1=O. The molecule has 0 aromatic carbocycles. The van der Waals surface area contributed by atoms with Crippen molar-refractivity contribution in [1.29, 1.82) is 0 Å². The third kappa shape index (κ3) is 1.56. The monoisotopic (exact) mass is 177 g/mol. The summed E-state index contributed by atoms with van der Waals surface area (Å²) in [5.74, 6) is -0.691. The van der Waals surface area contributed by atoms with Gasteiger partial charge in [-0.2, -0.15) is 0 Å². The van der Waals surface area contributed by atoms with Gasteiger partial charge in [0.25, 0.3) is 5.91 Å². The molecule has 0 aromatic rings. The number of halogens is 1. The Hall–Kier alpha value is -0.680. The molecule has 70 valence electrons. The van der Waals surface area contributed by atoms with Gasteiger partial charge in [-0.15, -0.1) is 0 Å². The van der Waals surface area contributed by atoms with Crippen LogP contribution in [0.1, 0.15) is 6.42 Å². The highest BCUT2D eigenvalue weighted by atomic mass is 19.1. The number of hydrogen-bond acceptors (Lipinski definition) is 3. The van der Waals surface area contributed by atoms with Crippen molar-refractivity contribution in [2.24, 2.45) is 0 Å². The Bertz CT molecular complexity index is 187. The van der Waals surface area contributed by atoms with E-state index in [4.69, 9.17) is 5.11 Å². The number of aliphatic hydroxyl groups excluding tert-OH is 1. The van der Waals surface area contributed by atoms with Crippen molar-refractivity contribution < 1.29 is 19.0 Å². The average molecular weight is 177 g/mol. The molecule has 1 aliphatic rings. The van der Waals surface area contributed by atoms with Crippen LogP contribution in [0.4, 0.5) is 4.39 Å². The van der Waals surface area contributed by atoms with Crippen molar-refractivity contribution in [3.8, 4) is 0 Å². The first-order valence-corrected chi connectivity index (χ1v) is 3.72. The minimum absolute atomic E-state index is 0.0177. The molecule has 0 bridgehead atoms. The third-order valence-corrected chi connectivity index (χ3v) is 1.91. The zero-order chi connectivity index (χ0) is 9.19. The minimum atomic E-state index is -1.96. The average Bonchev–Trinajstić information content (AvgIpc) is 2.29. The van der Waals surface area contributed by atoms with Crippen LogP contribution >= 0.6 is 0 Å². The topological polar surface area (TPSA) is 58.6 Å². The molecule has 5 heteroatoms. The van der Waals surface area contributed by atoms with E-state index < -0.39 is 17.6 Å².